The molecule has 1 fully saturated rings. The molecule has 0 unspecified atom stereocenters. The number of hydrogen-bond donors (Lipinski definition) is 2. The fraction of sp³-hybridized carbons (Fsp3) is 0.471. The fourth-order valence-electron chi connectivity index (χ4n) is 3.52. The number of sulfonamides is 1. The minimum absolute atomic E-state index is 0. The average molecular weight is 419 g/mol. The molecule has 2 aromatic rings. The number of imidazole rings is 1. The molecule has 6 nitrogen and oxygen atoms in total. The number of aromatic nitrogens is 2. The highest BCUT2D eigenvalue weighted by atomic mass is 35.5. The molecular weight excluding hydrogens is 395 g/mol. The lowest BCUT2D eigenvalue weighted by Crippen LogP contribution is -2.45. The normalized spacial score (nSPS) is 23.4. The minimum atomic E-state index is -3.59. The average Bonchev–Trinajstić information content (AvgIpc) is 3.03. The molecule has 0 aliphatic heterocycles. The van der Waals surface area contributed by atoms with Crippen LogP contribution in [0.4, 0.5) is 0 Å². The zero-order chi connectivity index (χ0) is 18.1. The van der Waals surface area contributed by atoms with Crippen LogP contribution in [0.1, 0.15) is 31.2 Å². The van der Waals surface area contributed by atoms with Gasteiger partial charge in [0.25, 0.3) is 10.0 Å². The van der Waals surface area contributed by atoms with Gasteiger partial charge in [-0.3, -0.25) is 0 Å². The van der Waals surface area contributed by atoms with Crippen molar-refractivity contribution >= 4 is 34.0 Å². The molecule has 1 aliphatic carbocycles. The summed E-state index contributed by atoms with van der Waals surface area (Å²) in [5.74, 6) is 0. The quantitative estimate of drug-likeness (QED) is 0.780. The van der Waals surface area contributed by atoms with Crippen molar-refractivity contribution in [3.63, 3.8) is 0 Å². The molecule has 3 rings (SSSR count). The summed E-state index contributed by atoms with van der Waals surface area (Å²) in [6, 6.07) is 7.70. The van der Waals surface area contributed by atoms with Gasteiger partial charge in [0.15, 0.2) is 5.03 Å². The second-order valence-electron chi connectivity index (χ2n) is 6.77. The molecule has 26 heavy (non-hydrogen) atoms. The maximum absolute atomic E-state index is 12.4. The summed E-state index contributed by atoms with van der Waals surface area (Å²) in [4.78, 5) is 3.93. The SMILES string of the molecule is Cl.Cn1cnc(S(=O)(=O)N[C@H]2CC[C@](CN)(c3cccc(Cl)c3)CC2)c1. The minimum Gasteiger partial charge on any atom is -0.339 e. The van der Waals surface area contributed by atoms with Gasteiger partial charge in [0.05, 0.1) is 6.33 Å². The molecule has 0 bridgehead atoms. The molecule has 0 spiro atoms. The summed E-state index contributed by atoms with van der Waals surface area (Å²) in [6.45, 7) is 0.521. The van der Waals surface area contributed by atoms with E-state index in [0.717, 1.165) is 31.2 Å². The molecular formula is C17H24Cl2N4O2S. The second kappa shape index (κ2) is 8.27. The summed E-state index contributed by atoms with van der Waals surface area (Å²) in [7, 11) is -1.85. The number of hydrogen-bond acceptors (Lipinski definition) is 4. The van der Waals surface area contributed by atoms with Gasteiger partial charge >= 0.3 is 0 Å². The van der Waals surface area contributed by atoms with Crippen LogP contribution in [0.25, 0.3) is 0 Å². The van der Waals surface area contributed by atoms with E-state index < -0.39 is 10.0 Å². The van der Waals surface area contributed by atoms with Gasteiger partial charge in [0.1, 0.15) is 0 Å². The fourth-order valence-corrected chi connectivity index (χ4v) is 5.00. The third-order valence-electron chi connectivity index (χ3n) is 5.05. The van der Waals surface area contributed by atoms with E-state index >= 15 is 0 Å². The third-order valence-corrected chi connectivity index (χ3v) is 6.69. The van der Waals surface area contributed by atoms with Crippen molar-refractivity contribution in [1.29, 1.82) is 0 Å². The second-order valence-corrected chi connectivity index (χ2v) is 8.87. The Bertz CT molecular complexity index is 846. The van der Waals surface area contributed by atoms with Crippen LogP contribution in [0.15, 0.2) is 41.8 Å². The van der Waals surface area contributed by atoms with Crippen LogP contribution < -0.4 is 10.5 Å². The van der Waals surface area contributed by atoms with E-state index in [4.69, 9.17) is 17.3 Å². The van der Waals surface area contributed by atoms with Gasteiger partial charge in [0.2, 0.25) is 0 Å². The Morgan fingerprint density at radius 1 is 1.38 bits per heavy atom. The van der Waals surface area contributed by atoms with Crippen LogP contribution in [0.2, 0.25) is 5.02 Å². The summed E-state index contributed by atoms with van der Waals surface area (Å²) >= 11 is 6.13. The van der Waals surface area contributed by atoms with Crippen LogP contribution in [0.5, 0.6) is 0 Å². The number of nitrogens with zero attached hydrogens (tertiary/aromatic N) is 2. The number of rotatable bonds is 5. The van der Waals surface area contributed by atoms with Crippen LogP contribution in [0, 0.1) is 0 Å². The number of nitrogens with one attached hydrogen (secondary N) is 1. The van der Waals surface area contributed by atoms with Gasteiger partial charge in [-0.25, -0.2) is 18.1 Å². The highest BCUT2D eigenvalue weighted by molar-refractivity contribution is 7.89. The van der Waals surface area contributed by atoms with Crippen molar-refractivity contribution in [2.45, 2.75) is 42.2 Å². The van der Waals surface area contributed by atoms with E-state index in [1.807, 2.05) is 18.2 Å². The largest absolute Gasteiger partial charge is 0.339 e. The monoisotopic (exact) mass is 418 g/mol. The van der Waals surface area contributed by atoms with Gasteiger partial charge in [-0.1, -0.05) is 23.7 Å². The van der Waals surface area contributed by atoms with Gasteiger partial charge in [-0.05, 0) is 43.4 Å². The summed E-state index contributed by atoms with van der Waals surface area (Å²) in [5, 5.41) is 0.754. The molecule has 1 aliphatic rings. The van der Waals surface area contributed by atoms with Gasteiger partial charge in [0, 0.05) is 36.3 Å². The van der Waals surface area contributed by atoms with Gasteiger partial charge in [-0.2, -0.15) is 0 Å². The van der Waals surface area contributed by atoms with E-state index in [2.05, 4.69) is 15.8 Å². The van der Waals surface area contributed by atoms with Crippen molar-refractivity contribution in [1.82, 2.24) is 14.3 Å². The highest BCUT2D eigenvalue weighted by Gasteiger charge is 2.37. The molecule has 1 aromatic heterocycles. The number of nitrogens with two attached hydrogens (primary N) is 1. The van der Waals surface area contributed by atoms with Gasteiger partial charge in [-0.15, -0.1) is 12.4 Å². The van der Waals surface area contributed by atoms with Crippen molar-refractivity contribution in [2.75, 3.05) is 6.54 Å². The molecule has 1 aromatic carbocycles. The third kappa shape index (κ3) is 4.40. The summed E-state index contributed by atoms with van der Waals surface area (Å²) < 4.78 is 29.3. The van der Waals surface area contributed by atoms with E-state index in [0.29, 0.717) is 11.6 Å². The van der Waals surface area contributed by atoms with E-state index in [1.54, 1.807) is 11.6 Å². The first kappa shape index (κ1) is 21.2. The predicted octanol–water partition coefficient (Wildman–Crippen LogP) is 2.61. The van der Waals surface area contributed by atoms with Crippen molar-refractivity contribution in [2.24, 2.45) is 12.8 Å². The maximum Gasteiger partial charge on any atom is 0.259 e. The summed E-state index contributed by atoms with van der Waals surface area (Å²) in [6.07, 6.45) is 6.08. The smallest absolute Gasteiger partial charge is 0.259 e. The lowest BCUT2D eigenvalue weighted by atomic mass is 9.68. The van der Waals surface area contributed by atoms with Crippen LogP contribution >= 0.6 is 24.0 Å². The molecule has 3 N–H and O–H groups in total. The topological polar surface area (TPSA) is 90.0 Å². The lowest BCUT2D eigenvalue weighted by molar-refractivity contribution is 0.267. The first-order valence-electron chi connectivity index (χ1n) is 8.31. The molecule has 0 saturated heterocycles. The van der Waals surface area contributed by atoms with E-state index in [1.165, 1.54) is 12.5 Å². The Balaban J connectivity index is 0.00000243. The highest BCUT2D eigenvalue weighted by Crippen LogP contribution is 2.39. The zero-order valence-electron chi connectivity index (χ0n) is 14.6. The Morgan fingerprint density at radius 3 is 2.62 bits per heavy atom. The first-order valence-corrected chi connectivity index (χ1v) is 10.2. The van der Waals surface area contributed by atoms with Crippen molar-refractivity contribution < 1.29 is 8.42 Å². The zero-order valence-corrected chi connectivity index (χ0v) is 16.9. The Morgan fingerprint density at radius 2 is 2.08 bits per heavy atom. The van der Waals surface area contributed by atoms with E-state index in [9.17, 15) is 8.42 Å². The molecule has 0 amide bonds. The van der Waals surface area contributed by atoms with Crippen LogP contribution in [0.3, 0.4) is 0 Å². The Kier molecular flexibility index (Phi) is 6.74. The Hall–Kier alpha value is -1.12. The maximum atomic E-state index is 12.4. The molecule has 0 atom stereocenters. The molecule has 1 saturated carbocycles. The predicted molar refractivity (Wildman–Crippen MR) is 105 cm³/mol. The molecule has 9 heteroatoms. The number of aryl methyl sites for hydroxylation is 1. The van der Waals surface area contributed by atoms with E-state index in [-0.39, 0.29) is 28.9 Å². The standard InChI is InChI=1S/C17H23ClN4O2S.ClH/c1-22-10-16(20-12-22)25(23,24)21-15-5-7-17(11-19,8-6-15)13-3-2-4-14(18)9-13;/h2-4,9-10,12,15,21H,5-8,11,19H2,1H3;1H/t15-,17-;. The number of benzene rings is 1. The first-order chi connectivity index (χ1) is 11.8. The van der Waals surface area contributed by atoms with Crippen LogP contribution in [-0.4, -0.2) is 30.6 Å². The molecule has 0 radical (unpaired) electrons. The summed E-state index contributed by atoms with van der Waals surface area (Å²) in [5.41, 5.74) is 7.08. The van der Waals surface area contributed by atoms with Crippen molar-refractivity contribution in [3.05, 3.63) is 47.4 Å². The molecule has 144 valence electrons. The van der Waals surface area contributed by atoms with Crippen molar-refractivity contribution in [3.8, 4) is 0 Å². The number of halogens is 2. The van der Waals surface area contributed by atoms with Gasteiger partial charge < -0.3 is 10.3 Å². The molecule has 1 heterocycles. The van der Waals surface area contributed by atoms with Crippen LogP contribution in [-0.2, 0) is 22.5 Å². The Labute approximate surface area is 165 Å². The lowest BCUT2D eigenvalue weighted by Gasteiger charge is -2.40.